The zero-order valence-electron chi connectivity index (χ0n) is 14.3. The molecule has 0 saturated heterocycles. The highest BCUT2D eigenvalue weighted by Crippen LogP contribution is 2.26. The fourth-order valence-electron chi connectivity index (χ4n) is 2.89. The lowest BCUT2D eigenvalue weighted by atomic mass is 10.1. The lowest BCUT2D eigenvalue weighted by Gasteiger charge is -2.17. The number of aliphatic hydroxyl groups is 1. The number of nitrogens with zero attached hydrogens (tertiary/aromatic N) is 4. The summed E-state index contributed by atoms with van der Waals surface area (Å²) in [4.78, 5) is 8.50. The number of hydrogen-bond donors (Lipinski definition) is 3. The van der Waals surface area contributed by atoms with Gasteiger partial charge in [-0.25, -0.2) is 18.7 Å². The van der Waals surface area contributed by atoms with Gasteiger partial charge in [0.25, 0.3) is 0 Å². The van der Waals surface area contributed by atoms with E-state index in [0.717, 1.165) is 5.69 Å². The first-order valence-corrected chi connectivity index (χ1v) is 8.23. The monoisotopic (exact) mass is 370 g/mol. The first-order valence-electron chi connectivity index (χ1n) is 8.23. The molecular formula is C18H16F2N6O. The quantitative estimate of drug-likeness (QED) is 0.502. The maximum absolute atomic E-state index is 14.4. The van der Waals surface area contributed by atoms with Gasteiger partial charge in [0, 0.05) is 17.8 Å². The molecule has 0 amide bonds. The summed E-state index contributed by atoms with van der Waals surface area (Å²) in [7, 11) is 0. The Hall–Kier alpha value is -3.33. The molecule has 3 N–H and O–H groups in total. The summed E-state index contributed by atoms with van der Waals surface area (Å²) in [5.41, 5.74) is 2.23. The molecule has 9 heteroatoms. The first-order chi connectivity index (χ1) is 13.0. The number of pyridine rings is 1. The van der Waals surface area contributed by atoms with Crippen molar-refractivity contribution in [2.24, 2.45) is 0 Å². The van der Waals surface area contributed by atoms with E-state index in [9.17, 15) is 13.9 Å². The molecule has 138 valence electrons. The van der Waals surface area contributed by atoms with Gasteiger partial charge in [0.05, 0.1) is 19.0 Å². The number of benzene rings is 1. The number of halogens is 2. The van der Waals surface area contributed by atoms with Crippen LogP contribution in [-0.2, 0) is 0 Å². The van der Waals surface area contributed by atoms with E-state index in [1.54, 1.807) is 22.8 Å². The van der Waals surface area contributed by atoms with Crippen molar-refractivity contribution in [3.63, 3.8) is 0 Å². The first kappa shape index (κ1) is 17.1. The zero-order chi connectivity index (χ0) is 19.0. The molecule has 0 radical (unpaired) electrons. The molecule has 1 atom stereocenters. The molecule has 0 bridgehead atoms. The van der Waals surface area contributed by atoms with Crippen LogP contribution < -0.4 is 5.32 Å². The summed E-state index contributed by atoms with van der Waals surface area (Å²) in [6, 6.07) is 8.24. The molecule has 4 aromatic rings. The van der Waals surface area contributed by atoms with Gasteiger partial charge in [-0.2, -0.15) is 5.10 Å². The van der Waals surface area contributed by atoms with Crippen LogP contribution in [0.25, 0.3) is 11.2 Å². The highest BCUT2D eigenvalue weighted by Gasteiger charge is 2.19. The van der Waals surface area contributed by atoms with E-state index in [-0.39, 0.29) is 18.2 Å². The van der Waals surface area contributed by atoms with Gasteiger partial charge >= 0.3 is 0 Å². The smallest absolute Gasteiger partial charge is 0.170 e. The summed E-state index contributed by atoms with van der Waals surface area (Å²) >= 11 is 0. The molecule has 1 aromatic carbocycles. The Balaban J connectivity index is 1.76. The highest BCUT2D eigenvalue weighted by atomic mass is 19.1. The SMILES string of the molecule is Cc1cc(Nc2nc3c(cc2F)ncn3[C@@H](CO)c2ccc(F)cc2)n[nH]1. The van der Waals surface area contributed by atoms with Crippen molar-refractivity contribution in [3.05, 3.63) is 65.6 Å². The molecule has 3 aromatic heterocycles. The minimum Gasteiger partial charge on any atom is -0.394 e. The van der Waals surface area contributed by atoms with E-state index in [4.69, 9.17) is 0 Å². The van der Waals surface area contributed by atoms with Crippen LogP contribution in [0.3, 0.4) is 0 Å². The molecule has 0 fully saturated rings. The topological polar surface area (TPSA) is 91.7 Å². The van der Waals surface area contributed by atoms with Crippen LogP contribution in [0, 0.1) is 18.6 Å². The maximum atomic E-state index is 14.4. The van der Waals surface area contributed by atoms with E-state index in [0.29, 0.717) is 22.5 Å². The molecule has 4 rings (SSSR count). The number of aryl methyl sites for hydroxylation is 1. The van der Waals surface area contributed by atoms with Crippen LogP contribution in [0.5, 0.6) is 0 Å². The molecule has 0 aliphatic carbocycles. The largest absolute Gasteiger partial charge is 0.394 e. The third-order valence-corrected chi connectivity index (χ3v) is 4.22. The highest BCUT2D eigenvalue weighted by molar-refractivity contribution is 5.74. The Labute approximate surface area is 152 Å². The number of anilines is 2. The number of nitrogens with one attached hydrogen (secondary N) is 2. The van der Waals surface area contributed by atoms with Gasteiger partial charge in [0.2, 0.25) is 0 Å². The van der Waals surface area contributed by atoms with Crippen LogP contribution >= 0.6 is 0 Å². The summed E-state index contributed by atoms with van der Waals surface area (Å²) in [5, 5.41) is 19.5. The fourth-order valence-corrected chi connectivity index (χ4v) is 2.89. The molecule has 0 spiro atoms. The van der Waals surface area contributed by atoms with Gasteiger partial charge in [-0.3, -0.25) is 5.10 Å². The maximum Gasteiger partial charge on any atom is 0.170 e. The molecule has 0 aliphatic rings. The summed E-state index contributed by atoms with van der Waals surface area (Å²) in [5.74, 6) is -0.518. The zero-order valence-corrected chi connectivity index (χ0v) is 14.3. The summed E-state index contributed by atoms with van der Waals surface area (Å²) in [6.07, 6.45) is 1.48. The fraction of sp³-hybridized carbons (Fsp3) is 0.167. The van der Waals surface area contributed by atoms with Gasteiger partial charge in [0.1, 0.15) is 11.3 Å². The van der Waals surface area contributed by atoms with E-state index in [1.165, 1.54) is 24.5 Å². The number of aromatic amines is 1. The van der Waals surface area contributed by atoms with E-state index in [2.05, 4.69) is 25.5 Å². The minimum atomic E-state index is -0.573. The predicted octanol–water partition coefficient (Wildman–Crippen LogP) is 3.07. The Morgan fingerprint density at radius 1 is 1.22 bits per heavy atom. The minimum absolute atomic E-state index is 0.00783. The molecule has 27 heavy (non-hydrogen) atoms. The second-order valence-corrected chi connectivity index (χ2v) is 6.12. The van der Waals surface area contributed by atoms with Crippen molar-refractivity contribution in [3.8, 4) is 0 Å². The van der Waals surface area contributed by atoms with Crippen molar-refractivity contribution in [1.29, 1.82) is 0 Å². The van der Waals surface area contributed by atoms with E-state index < -0.39 is 11.9 Å². The van der Waals surface area contributed by atoms with E-state index in [1.807, 2.05) is 6.92 Å². The number of rotatable bonds is 5. The number of fused-ring (bicyclic) bond motifs is 1. The number of hydrogen-bond acceptors (Lipinski definition) is 5. The third-order valence-electron chi connectivity index (χ3n) is 4.22. The number of H-pyrrole nitrogens is 1. The molecule has 3 heterocycles. The summed E-state index contributed by atoms with van der Waals surface area (Å²) in [6.45, 7) is 1.58. The summed E-state index contributed by atoms with van der Waals surface area (Å²) < 4.78 is 29.2. The van der Waals surface area contributed by atoms with Crippen LogP contribution in [0.4, 0.5) is 20.4 Å². The average Bonchev–Trinajstić information content (AvgIpc) is 3.24. The lowest BCUT2D eigenvalue weighted by Crippen LogP contribution is -2.14. The normalized spacial score (nSPS) is 12.4. The Kier molecular flexibility index (Phi) is 4.28. The Bertz CT molecular complexity index is 1090. The van der Waals surface area contributed by atoms with Gasteiger partial charge in [-0.15, -0.1) is 0 Å². The van der Waals surface area contributed by atoms with Crippen LogP contribution in [0.1, 0.15) is 17.3 Å². The van der Waals surface area contributed by atoms with E-state index >= 15 is 0 Å². The number of aliphatic hydroxyl groups excluding tert-OH is 1. The average molecular weight is 370 g/mol. The molecular weight excluding hydrogens is 354 g/mol. The Morgan fingerprint density at radius 2 is 2.00 bits per heavy atom. The third kappa shape index (κ3) is 3.24. The second kappa shape index (κ2) is 6.76. The van der Waals surface area contributed by atoms with Crippen LogP contribution in [-0.4, -0.2) is 36.4 Å². The number of imidazole rings is 1. The van der Waals surface area contributed by atoms with Gasteiger partial charge in [-0.1, -0.05) is 12.1 Å². The van der Waals surface area contributed by atoms with Gasteiger partial charge in [-0.05, 0) is 24.6 Å². The molecule has 0 aliphatic heterocycles. The second-order valence-electron chi connectivity index (χ2n) is 6.12. The van der Waals surface area contributed by atoms with Crippen molar-refractivity contribution in [2.75, 3.05) is 11.9 Å². The molecule has 7 nitrogen and oxygen atoms in total. The number of aromatic nitrogens is 5. The standard InChI is InChI=1S/C18H16F2N6O/c1-10-6-16(25-24-10)22-17-13(20)7-14-18(23-17)26(9-21-14)15(8-27)11-2-4-12(19)5-3-11/h2-7,9,15,27H,8H2,1H3,(H2,22,23,24,25)/t15-/m0/s1. The molecule has 0 unspecified atom stereocenters. The van der Waals surface area contributed by atoms with Gasteiger partial charge < -0.3 is 15.0 Å². The lowest BCUT2D eigenvalue weighted by molar-refractivity contribution is 0.251. The van der Waals surface area contributed by atoms with Gasteiger partial charge in [0.15, 0.2) is 23.1 Å². The van der Waals surface area contributed by atoms with Crippen molar-refractivity contribution in [1.82, 2.24) is 24.7 Å². The predicted molar refractivity (Wildman–Crippen MR) is 95.7 cm³/mol. The van der Waals surface area contributed by atoms with Crippen molar-refractivity contribution < 1.29 is 13.9 Å². The van der Waals surface area contributed by atoms with Crippen molar-refractivity contribution in [2.45, 2.75) is 13.0 Å². The molecule has 0 saturated carbocycles. The Morgan fingerprint density at radius 3 is 2.67 bits per heavy atom. The van der Waals surface area contributed by atoms with Crippen LogP contribution in [0.2, 0.25) is 0 Å². The van der Waals surface area contributed by atoms with Crippen molar-refractivity contribution >= 4 is 22.8 Å². The van der Waals surface area contributed by atoms with Crippen LogP contribution in [0.15, 0.2) is 42.7 Å².